The van der Waals surface area contributed by atoms with Crippen molar-refractivity contribution in [3.8, 4) is 11.5 Å². The molecule has 2 aliphatic rings. The molecule has 0 spiro atoms. The van der Waals surface area contributed by atoms with Crippen LogP contribution in [0.2, 0.25) is 0 Å². The Hall–Kier alpha value is -4.76. The molecule has 2 heterocycles. The Morgan fingerprint density at radius 2 is 1.17 bits per heavy atom. The third-order valence-corrected chi connectivity index (χ3v) is 9.82. The zero-order valence-corrected chi connectivity index (χ0v) is 36.3. The summed E-state index contributed by atoms with van der Waals surface area (Å²) in [6.07, 6.45) is -6.36. The Morgan fingerprint density at radius 1 is 0.707 bits per heavy atom. The summed E-state index contributed by atoms with van der Waals surface area (Å²) >= 11 is 0. The molecule has 0 bridgehead atoms. The van der Waals surface area contributed by atoms with Gasteiger partial charge >= 0.3 is 23.9 Å². The zero-order valence-electron chi connectivity index (χ0n) is 36.3. The first-order valence-electron chi connectivity index (χ1n) is 19.4. The Bertz CT molecular complexity index is 1850. The van der Waals surface area contributed by atoms with Crippen molar-refractivity contribution in [3.63, 3.8) is 0 Å². The van der Waals surface area contributed by atoms with E-state index in [4.69, 9.17) is 33.2 Å². The first-order chi connectivity index (χ1) is 26.7. The number of methoxy groups -OCH3 is 2. The summed E-state index contributed by atoms with van der Waals surface area (Å²) in [4.78, 5) is 68.0. The molecule has 0 radical (unpaired) electrons. The van der Waals surface area contributed by atoms with Gasteiger partial charge in [0.1, 0.15) is 12.7 Å². The smallest absolute Gasteiger partial charge is 0.311 e. The number of hydrogen-bond donors (Lipinski definition) is 0. The van der Waals surface area contributed by atoms with Crippen LogP contribution in [0, 0.1) is 31.8 Å². The number of nitrogens with zero attached hydrogens (tertiary/aromatic N) is 2. The van der Waals surface area contributed by atoms with Crippen LogP contribution in [0.5, 0.6) is 11.5 Å². The fourth-order valence-corrected chi connectivity index (χ4v) is 6.36. The highest BCUT2D eigenvalue weighted by molar-refractivity contribution is 5.78. The fourth-order valence-electron chi connectivity index (χ4n) is 6.36. The number of benzene rings is 2. The summed E-state index contributed by atoms with van der Waals surface area (Å²) in [7, 11) is 3.04. The van der Waals surface area contributed by atoms with Crippen LogP contribution >= 0.6 is 0 Å². The van der Waals surface area contributed by atoms with Gasteiger partial charge in [0, 0.05) is 18.7 Å². The molecule has 6 unspecified atom stereocenters. The minimum atomic E-state index is -1.47. The predicted molar refractivity (Wildman–Crippen MR) is 212 cm³/mol. The number of ether oxygens (including phenoxy) is 7. The number of carbonyl (C=O) groups excluding carboxylic acids is 4. The molecule has 1 fully saturated rings. The average molecular weight is 813 g/mol. The molecule has 58 heavy (non-hydrogen) atoms. The Balaban J connectivity index is 2.03. The van der Waals surface area contributed by atoms with Gasteiger partial charge in [-0.2, -0.15) is 0 Å². The van der Waals surface area contributed by atoms with Crippen LogP contribution in [-0.4, -0.2) is 91.7 Å². The molecule has 320 valence electrons. The molecule has 2 aromatic rings. The summed E-state index contributed by atoms with van der Waals surface area (Å²) in [6.45, 7) is 19.9. The third kappa shape index (κ3) is 10.5. The maximum Gasteiger partial charge on any atom is 0.311 e. The molecule has 15 nitrogen and oxygen atoms in total. The monoisotopic (exact) mass is 812 g/mol. The van der Waals surface area contributed by atoms with E-state index in [-0.39, 0.29) is 12.2 Å². The molecule has 15 heteroatoms. The van der Waals surface area contributed by atoms with Crippen LogP contribution in [0.25, 0.3) is 0 Å². The van der Waals surface area contributed by atoms with Gasteiger partial charge < -0.3 is 33.2 Å². The van der Waals surface area contributed by atoms with Crippen LogP contribution in [0.15, 0.2) is 36.4 Å². The Morgan fingerprint density at radius 3 is 1.64 bits per heavy atom. The lowest BCUT2D eigenvalue weighted by molar-refractivity contribution is -0.384. The highest BCUT2D eigenvalue weighted by Crippen LogP contribution is 2.45. The van der Waals surface area contributed by atoms with Crippen molar-refractivity contribution in [2.75, 3.05) is 27.4 Å². The van der Waals surface area contributed by atoms with Gasteiger partial charge in [-0.05, 0) is 118 Å². The summed E-state index contributed by atoms with van der Waals surface area (Å²) in [6, 6.07) is 9.02. The van der Waals surface area contributed by atoms with Gasteiger partial charge in [-0.15, -0.1) is 0 Å². The minimum absolute atomic E-state index is 0.122. The van der Waals surface area contributed by atoms with E-state index in [0.29, 0.717) is 23.5 Å². The SMILES string of the molecule is COc1cc2c(cc1OC)C(c1ccc([N+](=O)[O-])cc1)N(C1OC(COC(=O)C(C)(C)C)C(OC(=O)C(C)(C)C)C(OC(=O)C(C)(C)C)C1OC(=O)C(C)(C)C)CC2. The molecular weight excluding hydrogens is 752 g/mol. The number of fused-ring (bicyclic) bond motifs is 1. The maximum atomic E-state index is 14.0. The number of nitro benzene ring substituents is 1. The van der Waals surface area contributed by atoms with E-state index in [9.17, 15) is 29.3 Å². The van der Waals surface area contributed by atoms with Crippen molar-refractivity contribution in [2.45, 2.75) is 126 Å². The number of esters is 4. The quantitative estimate of drug-likeness (QED) is 0.106. The second-order valence-corrected chi connectivity index (χ2v) is 18.9. The van der Waals surface area contributed by atoms with Gasteiger partial charge in [0.05, 0.1) is 46.8 Å². The van der Waals surface area contributed by atoms with Gasteiger partial charge in [-0.3, -0.25) is 34.2 Å². The van der Waals surface area contributed by atoms with Crippen LogP contribution in [0.1, 0.15) is 106 Å². The molecule has 4 rings (SSSR count). The Labute approximate surface area is 341 Å². The van der Waals surface area contributed by atoms with Crippen molar-refractivity contribution in [1.29, 1.82) is 0 Å². The van der Waals surface area contributed by atoms with E-state index in [0.717, 1.165) is 11.1 Å². The van der Waals surface area contributed by atoms with Gasteiger partial charge in [0.2, 0.25) is 0 Å². The lowest BCUT2D eigenvalue weighted by Crippen LogP contribution is -2.68. The number of non-ortho nitro benzene ring substituents is 1. The summed E-state index contributed by atoms with van der Waals surface area (Å²) in [5.41, 5.74) is -1.92. The fraction of sp³-hybridized carbons (Fsp3) is 0.628. The number of hydrogen-bond acceptors (Lipinski definition) is 14. The van der Waals surface area contributed by atoms with Gasteiger partial charge in [0.25, 0.3) is 5.69 Å². The average Bonchev–Trinajstić information content (AvgIpc) is 3.12. The highest BCUT2D eigenvalue weighted by Gasteiger charge is 2.57. The van der Waals surface area contributed by atoms with Gasteiger partial charge in [0.15, 0.2) is 36.0 Å². The maximum absolute atomic E-state index is 14.0. The third-order valence-electron chi connectivity index (χ3n) is 9.82. The molecule has 2 aromatic carbocycles. The van der Waals surface area contributed by atoms with Crippen LogP contribution < -0.4 is 9.47 Å². The summed E-state index contributed by atoms with van der Waals surface area (Å²) in [5, 5.41) is 11.7. The zero-order chi connectivity index (χ0) is 43.7. The molecule has 6 atom stereocenters. The molecule has 2 aliphatic heterocycles. The van der Waals surface area contributed by atoms with E-state index in [2.05, 4.69) is 0 Å². The van der Waals surface area contributed by atoms with E-state index in [1.54, 1.807) is 95.2 Å². The van der Waals surface area contributed by atoms with Crippen molar-refractivity contribution < 1.29 is 57.3 Å². The summed E-state index contributed by atoms with van der Waals surface area (Å²) < 4.78 is 42.9. The van der Waals surface area contributed by atoms with Crippen molar-refractivity contribution in [1.82, 2.24) is 4.90 Å². The first kappa shape index (κ1) is 45.9. The molecule has 0 N–H and O–H groups in total. The summed E-state index contributed by atoms with van der Waals surface area (Å²) in [5.74, 6) is -1.63. The molecule has 0 saturated carbocycles. The molecule has 0 amide bonds. The lowest BCUT2D eigenvalue weighted by Gasteiger charge is -2.51. The standard InChI is InChI=1S/C43H60N2O13/c1-40(2,3)36(46)54-23-30-32(56-37(47)41(4,5)6)33(57-38(48)42(7,8)9)34(58-39(49)43(10,11)12)35(55-30)44-20-19-25-21-28(52-13)29(53-14)22-27(25)31(44)24-15-17-26(18-16-24)45(50)51/h15-18,21-22,30-35H,19-20,23H2,1-14H3. The van der Waals surface area contributed by atoms with Crippen LogP contribution in [0.3, 0.4) is 0 Å². The Kier molecular flexibility index (Phi) is 13.6. The molecule has 0 aromatic heterocycles. The molecule has 1 saturated heterocycles. The van der Waals surface area contributed by atoms with Crippen LogP contribution in [0.4, 0.5) is 5.69 Å². The second-order valence-electron chi connectivity index (χ2n) is 18.9. The number of nitro groups is 1. The number of rotatable bonds is 10. The van der Waals surface area contributed by atoms with Crippen molar-refractivity contribution in [3.05, 3.63) is 63.2 Å². The first-order valence-corrected chi connectivity index (χ1v) is 19.4. The lowest BCUT2D eigenvalue weighted by atomic mass is 9.85. The van der Waals surface area contributed by atoms with E-state index < -0.39 is 93.8 Å². The number of carbonyl (C=O) groups is 4. The topological polar surface area (TPSA) is 179 Å². The molecule has 0 aliphatic carbocycles. The molecular formula is C43H60N2O13. The van der Waals surface area contributed by atoms with Gasteiger partial charge in [-0.1, -0.05) is 12.1 Å². The van der Waals surface area contributed by atoms with Crippen molar-refractivity contribution in [2.24, 2.45) is 21.7 Å². The van der Waals surface area contributed by atoms with Crippen molar-refractivity contribution >= 4 is 29.6 Å². The van der Waals surface area contributed by atoms with E-state index in [1.165, 1.54) is 26.4 Å². The highest BCUT2D eigenvalue weighted by atomic mass is 16.7. The normalized spacial score (nSPS) is 22.9. The van der Waals surface area contributed by atoms with E-state index >= 15 is 0 Å². The van der Waals surface area contributed by atoms with Crippen LogP contribution in [-0.2, 0) is 49.3 Å². The largest absolute Gasteiger partial charge is 0.493 e. The van der Waals surface area contributed by atoms with Gasteiger partial charge in [-0.25, -0.2) is 0 Å². The minimum Gasteiger partial charge on any atom is -0.493 e. The van der Waals surface area contributed by atoms with E-state index in [1.807, 2.05) is 17.0 Å². The predicted octanol–water partition coefficient (Wildman–Crippen LogP) is 6.75. The second kappa shape index (κ2) is 17.2.